The van der Waals surface area contributed by atoms with Gasteiger partial charge in [-0.05, 0) is 47.0 Å². The Balaban J connectivity index is 1.95. The first-order valence-corrected chi connectivity index (χ1v) is 10.8. The van der Waals surface area contributed by atoms with Crippen LogP contribution in [-0.4, -0.2) is 41.3 Å². The van der Waals surface area contributed by atoms with Gasteiger partial charge in [-0.25, -0.2) is 5.43 Å². The summed E-state index contributed by atoms with van der Waals surface area (Å²) < 4.78 is 12.8. The number of benzene rings is 1. The van der Waals surface area contributed by atoms with E-state index in [2.05, 4.69) is 36.7 Å². The molecule has 2 aromatic rings. The fourth-order valence-corrected chi connectivity index (χ4v) is 3.89. The lowest BCUT2D eigenvalue weighted by Gasteiger charge is -2.14. The van der Waals surface area contributed by atoms with Crippen LogP contribution in [0.4, 0.5) is 5.13 Å². The molecule has 1 heterocycles. The number of halogens is 1. The van der Waals surface area contributed by atoms with Gasteiger partial charge < -0.3 is 15.2 Å². The maximum atomic E-state index is 11.8. The molecular weight excluding hydrogens is 454 g/mol. The van der Waals surface area contributed by atoms with Gasteiger partial charge in [-0.2, -0.15) is 5.10 Å². The largest absolute Gasteiger partial charge is 0.490 e. The van der Waals surface area contributed by atoms with Gasteiger partial charge in [0.25, 0.3) is 5.91 Å². The average molecular weight is 474 g/mol. The average Bonchev–Trinajstić information content (AvgIpc) is 3.05. The zero-order valence-corrected chi connectivity index (χ0v) is 18.1. The van der Waals surface area contributed by atoms with Crippen molar-refractivity contribution in [1.29, 1.82) is 0 Å². The number of ether oxygens (including phenoxy) is 2. The lowest BCUT2D eigenvalue weighted by molar-refractivity contribution is -0.118. The van der Waals surface area contributed by atoms with Crippen LogP contribution < -0.4 is 20.6 Å². The number of nitrogens with two attached hydrogens (primary N) is 1. The summed E-state index contributed by atoms with van der Waals surface area (Å²) >= 11 is 5.98. The van der Waals surface area contributed by atoms with Crippen LogP contribution in [0.2, 0.25) is 0 Å². The van der Waals surface area contributed by atoms with Crippen molar-refractivity contribution in [3.05, 3.63) is 22.2 Å². The molecule has 1 amide bonds. The summed E-state index contributed by atoms with van der Waals surface area (Å²) in [6.45, 7) is 5.05. The summed E-state index contributed by atoms with van der Waals surface area (Å²) in [6, 6.07) is 3.66. The Bertz CT molecular complexity index is 800. The van der Waals surface area contributed by atoms with Gasteiger partial charge in [0.05, 0.1) is 29.7 Å². The maximum Gasteiger partial charge on any atom is 0.250 e. The smallest absolute Gasteiger partial charge is 0.250 e. The molecule has 0 bridgehead atoms. The number of aromatic nitrogens is 2. The quantitative estimate of drug-likeness (QED) is 0.309. The minimum atomic E-state index is -0.253. The highest BCUT2D eigenvalue weighted by atomic mass is 79.9. The van der Waals surface area contributed by atoms with Crippen LogP contribution in [0.25, 0.3) is 0 Å². The second-order valence-electron chi connectivity index (χ2n) is 5.10. The second kappa shape index (κ2) is 11.1. The number of rotatable bonds is 10. The summed E-state index contributed by atoms with van der Waals surface area (Å²) in [5, 5.41) is 11.9. The highest BCUT2D eigenvalue weighted by Gasteiger charge is 2.12. The third kappa shape index (κ3) is 7.00. The Morgan fingerprint density at radius 1 is 1.41 bits per heavy atom. The van der Waals surface area contributed by atoms with Gasteiger partial charge in [-0.15, -0.1) is 10.2 Å². The van der Waals surface area contributed by atoms with Crippen molar-refractivity contribution in [3.8, 4) is 11.5 Å². The van der Waals surface area contributed by atoms with Gasteiger partial charge in [-0.3, -0.25) is 4.79 Å². The van der Waals surface area contributed by atoms with Gasteiger partial charge in [0.2, 0.25) is 5.13 Å². The fourth-order valence-electron chi connectivity index (χ4n) is 1.89. The molecule has 0 aliphatic heterocycles. The highest BCUT2D eigenvalue weighted by Crippen LogP contribution is 2.36. The van der Waals surface area contributed by atoms with Crippen molar-refractivity contribution in [3.63, 3.8) is 0 Å². The first-order chi connectivity index (χ1) is 13.0. The zero-order chi connectivity index (χ0) is 19.6. The Kier molecular flexibility index (Phi) is 8.82. The number of nitrogens with one attached hydrogen (secondary N) is 1. The number of carbonyl (C=O) groups excluding carboxylic acids is 1. The lowest BCUT2D eigenvalue weighted by Crippen LogP contribution is -2.19. The van der Waals surface area contributed by atoms with Crippen molar-refractivity contribution in [2.24, 2.45) is 5.10 Å². The van der Waals surface area contributed by atoms with Crippen LogP contribution in [0.15, 0.2) is 26.0 Å². The molecule has 1 aromatic heterocycles. The molecule has 2 rings (SSSR count). The summed E-state index contributed by atoms with van der Waals surface area (Å²) in [4.78, 5) is 11.8. The number of nitrogens with zero attached hydrogens (tertiary/aromatic N) is 3. The number of nitrogen functional groups attached to an aromatic ring is 1. The van der Waals surface area contributed by atoms with Crippen LogP contribution in [0, 0.1) is 0 Å². The molecule has 0 unspecified atom stereocenters. The van der Waals surface area contributed by atoms with Gasteiger partial charge in [0.15, 0.2) is 15.8 Å². The number of hydrazone groups is 1. The number of anilines is 1. The van der Waals surface area contributed by atoms with E-state index >= 15 is 0 Å². The van der Waals surface area contributed by atoms with E-state index in [1.807, 2.05) is 26.0 Å². The van der Waals surface area contributed by atoms with Crippen molar-refractivity contribution >= 4 is 56.3 Å². The number of hydrogen-bond donors (Lipinski definition) is 2. The summed E-state index contributed by atoms with van der Waals surface area (Å²) in [6.07, 6.45) is 2.44. The molecule has 27 heavy (non-hydrogen) atoms. The van der Waals surface area contributed by atoms with Crippen molar-refractivity contribution in [2.75, 3.05) is 24.7 Å². The SMILES string of the molecule is CCCOc1c(Br)cc(C=NNC(=O)CSc2nnc(N)s2)cc1OCC. The molecular formula is C16H20BrN5O3S2. The van der Waals surface area contributed by atoms with Crippen molar-refractivity contribution < 1.29 is 14.3 Å². The molecule has 0 aliphatic rings. The first kappa shape index (κ1) is 21.5. The van der Waals surface area contributed by atoms with Crippen LogP contribution in [0.1, 0.15) is 25.8 Å². The van der Waals surface area contributed by atoms with Gasteiger partial charge in [0, 0.05) is 0 Å². The van der Waals surface area contributed by atoms with Crippen LogP contribution in [0.3, 0.4) is 0 Å². The molecule has 0 fully saturated rings. The summed E-state index contributed by atoms with van der Waals surface area (Å²) in [7, 11) is 0. The van der Waals surface area contributed by atoms with Crippen molar-refractivity contribution in [2.45, 2.75) is 24.6 Å². The number of amides is 1. The zero-order valence-electron chi connectivity index (χ0n) is 14.9. The molecule has 0 saturated carbocycles. The van der Waals surface area contributed by atoms with Gasteiger partial charge >= 0.3 is 0 Å². The number of carbonyl (C=O) groups is 1. The predicted octanol–water partition coefficient (Wildman–Crippen LogP) is 3.31. The van der Waals surface area contributed by atoms with Crippen LogP contribution in [0.5, 0.6) is 11.5 Å². The van der Waals surface area contributed by atoms with E-state index in [-0.39, 0.29) is 11.7 Å². The van der Waals surface area contributed by atoms with E-state index < -0.39 is 0 Å². The number of thioether (sulfide) groups is 1. The van der Waals surface area contributed by atoms with E-state index in [1.54, 1.807) is 6.21 Å². The Morgan fingerprint density at radius 2 is 2.22 bits per heavy atom. The monoisotopic (exact) mass is 473 g/mol. The van der Waals surface area contributed by atoms with Gasteiger partial charge in [0.1, 0.15) is 0 Å². The molecule has 3 N–H and O–H groups in total. The van der Waals surface area contributed by atoms with Gasteiger partial charge in [-0.1, -0.05) is 30.0 Å². The fraction of sp³-hybridized carbons (Fsp3) is 0.375. The van der Waals surface area contributed by atoms with E-state index in [1.165, 1.54) is 23.1 Å². The summed E-state index contributed by atoms with van der Waals surface area (Å²) in [5.41, 5.74) is 8.74. The molecule has 0 atom stereocenters. The topological polar surface area (TPSA) is 112 Å². The third-order valence-electron chi connectivity index (χ3n) is 2.93. The normalized spacial score (nSPS) is 10.9. The molecule has 0 aliphatic carbocycles. The standard InChI is InChI=1S/C16H20BrN5O3S2/c1-3-5-25-14-11(17)6-10(7-12(14)24-4-2)8-19-20-13(23)9-26-16-22-21-15(18)27-16/h6-8H,3-5,9H2,1-2H3,(H2,18,21)(H,20,23). The predicted molar refractivity (Wildman–Crippen MR) is 112 cm³/mol. The molecule has 11 heteroatoms. The summed E-state index contributed by atoms with van der Waals surface area (Å²) in [5.74, 6) is 1.20. The minimum absolute atomic E-state index is 0.170. The van der Waals surface area contributed by atoms with Crippen molar-refractivity contribution in [1.82, 2.24) is 15.6 Å². The van der Waals surface area contributed by atoms with Crippen LogP contribution >= 0.6 is 39.0 Å². The molecule has 0 spiro atoms. The van der Waals surface area contributed by atoms with E-state index in [0.717, 1.165) is 16.5 Å². The van der Waals surface area contributed by atoms with E-state index in [4.69, 9.17) is 15.2 Å². The van der Waals surface area contributed by atoms with E-state index in [0.29, 0.717) is 34.2 Å². The second-order valence-corrected chi connectivity index (χ2v) is 8.19. The van der Waals surface area contributed by atoms with Crippen LogP contribution in [-0.2, 0) is 4.79 Å². The Morgan fingerprint density at radius 3 is 2.89 bits per heavy atom. The lowest BCUT2D eigenvalue weighted by atomic mass is 10.2. The Hall–Kier alpha value is -1.85. The third-order valence-corrected chi connectivity index (χ3v) is 5.41. The molecule has 8 nitrogen and oxygen atoms in total. The Labute approximate surface area is 174 Å². The molecule has 0 saturated heterocycles. The minimum Gasteiger partial charge on any atom is -0.490 e. The maximum absolute atomic E-state index is 11.8. The molecule has 0 radical (unpaired) electrons. The molecule has 1 aromatic carbocycles. The highest BCUT2D eigenvalue weighted by molar-refractivity contribution is 9.10. The molecule has 146 valence electrons. The first-order valence-electron chi connectivity index (χ1n) is 8.16. The number of hydrogen-bond acceptors (Lipinski definition) is 9. The van der Waals surface area contributed by atoms with E-state index in [9.17, 15) is 4.79 Å².